The zero-order chi connectivity index (χ0) is 18.4. The van der Waals surface area contributed by atoms with Crippen molar-refractivity contribution in [3.8, 4) is 0 Å². The van der Waals surface area contributed by atoms with Gasteiger partial charge in [0.05, 0.1) is 11.6 Å². The summed E-state index contributed by atoms with van der Waals surface area (Å²) < 4.78 is 38.6. The van der Waals surface area contributed by atoms with Crippen LogP contribution in [0.2, 0.25) is 0 Å². The topological polar surface area (TPSA) is 39.7 Å². The zero-order valence-corrected chi connectivity index (χ0v) is 15.0. The minimum Gasteiger partial charge on any atom is -0.356 e. The summed E-state index contributed by atoms with van der Waals surface area (Å²) in [7, 11) is 3.79. The molecule has 1 saturated heterocycles. The van der Waals surface area contributed by atoms with Crippen molar-refractivity contribution in [1.82, 2.24) is 15.5 Å². The molecule has 1 fully saturated rings. The molecule has 0 saturated carbocycles. The average Bonchev–Trinajstić information content (AvgIpc) is 2.58. The Bertz CT molecular complexity index is 586. The van der Waals surface area contributed by atoms with E-state index < -0.39 is 11.7 Å². The van der Waals surface area contributed by atoms with Crippen LogP contribution in [-0.4, -0.2) is 44.6 Å². The van der Waals surface area contributed by atoms with Gasteiger partial charge in [-0.1, -0.05) is 12.1 Å². The number of aliphatic imine (C=N–C) groups is 1. The van der Waals surface area contributed by atoms with Gasteiger partial charge in [0.2, 0.25) is 0 Å². The molecule has 1 aliphatic rings. The molecule has 25 heavy (non-hydrogen) atoms. The molecule has 0 bridgehead atoms. The first-order chi connectivity index (χ1) is 11.8. The lowest BCUT2D eigenvalue weighted by Gasteiger charge is -2.30. The number of hydrogen-bond acceptors (Lipinski definition) is 2. The molecular formula is C18H27F3N4. The fourth-order valence-electron chi connectivity index (χ4n) is 3.15. The van der Waals surface area contributed by atoms with Crippen molar-refractivity contribution in [3.05, 3.63) is 35.4 Å². The number of likely N-dealkylation sites (tertiary alicyclic amines) is 1. The van der Waals surface area contributed by atoms with Crippen LogP contribution in [0.5, 0.6) is 0 Å². The van der Waals surface area contributed by atoms with Crippen molar-refractivity contribution < 1.29 is 13.2 Å². The van der Waals surface area contributed by atoms with E-state index in [1.807, 2.05) is 6.92 Å². The van der Waals surface area contributed by atoms with Crippen molar-refractivity contribution in [2.45, 2.75) is 32.0 Å². The van der Waals surface area contributed by atoms with Crippen LogP contribution in [0.4, 0.5) is 13.2 Å². The van der Waals surface area contributed by atoms with Gasteiger partial charge in [0.15, 0.2) is 5.96 Å². The maximum atomic E-state index is 12.9. The Morgan fingerprint density at radius 2 is 2.16 bits per heavy atom. The number of nitrogens with zero attached hydrogens (tertiary/aromatic N) is 2. The van der Waals surface area contributed by atoms with E-state index in [9.17, 15) is 13.2 Å². The van der Waals surface area contributed by atoms with Crippen molar-refractivity contribution in [2.24, 2.45) is 10.9 Å². The van der Waals surface area contributed by atoms with Gasteiger partial charge in [0.25, 0.3) is 0 Å². The normalized spacial score (nSPS) is 21.0. The first-order valence-corrected chi connectivity index (χ1v) is 8.62. The molecular weight excluding hydrogens is 329 g/mol. The second kappa shape index (κ2) is 8.56. The number of guanidine groups is 1. The highest BCUT2D eigenvalue weighted by molar-refractivity contribution is 5.80. The minimum atomic E-state index is -4.33. The number of piperidine rings is 1. The number of alkyl halides is 3. The van der Waals surface area contributed by atoms with E-state index in [0.717, 1.165) is 25.7 Å². The van der Waals surface area contributed by atoms with Crippen molar-refractivity contribution in [3.63, 3.8) is 0 Å². The predicted octanol–water partition coefficient (Wildman–Crippen LogP) is 3.27. The second-order valence-electron chi connectivity index (χ2n) is 6.71. The summed E-state index contributed by atoms with van der Waals surface area (Å²) in [5.41, 5.74) is -0.0537. The molecule has 0 aliphatic carbocycles. The molecule has 4 nitrogen and oxygen atoms in total. The van der Waals surface area contributed by atoms with Crippen LogP contribution in [0.3, 0.4) is 0 Å². The molecule has 1 aromatic rings. The summed E-state index contributed by atoms with van der Waals surface area (Å²) in [5, 5.41) is 6.47. The van der Waals surface area contributed by atoms with Crippen molar-refractivity contribution in [1.29, 1.82) is 0 Å². The van der Waals surface area contributed by atoms with E-state index in [-0.39, 0.29) is 6.04 Å². The number of rotatable bonds is 4. The summed E-state index contributed by atoms with van der Waals surface area (Å²) in [6, 6.07) is 5.12. The van der Waals surface area contributed by atoms with Crippen LogP contribution < -0.4 is 10.6 Å². The van der Waals surface area contributed by atoms with Gasteiger partial charge < -0.3 is 15.5 Å². The maximum absolute atomic E-state index is 12.9. The number of benzene rings is 1. The van der Waals surface area contributed by atoms with E-state index in [1.165, 1.54) is 25.0 Å². The predicted molar refractivity (Wildman–Crippen MR) is 94.6 cm³/mol. The molecule has 2 N–H and O–H groups in total. The second-order valence-corrected chi connectivity index (χ2v) is 6.71. The van der Waals surface area contributed by atoms with Gasteiger partial charge in [-0.25, -0.2) is 0 Å². The molecule has 0 radical (unpaired) electrons. The fourth-order valence-corrected chi connectivity index (χ4v) is 3.15. The highest BCUT2D eigenvalue weighted by Gasteiger charge is 2.30. The highest BCUT2D eigenvalue weighted by Crippen LogP contribution is 2.30. The first kappa shape index (κ1) is 19.6. The molecule has 0 spiro atoms. The Morgan fingerprint density at radius 1 is 1.40 bits per heavy atom. The van der Waals surface area contributed by atoms with Crippen LogP contribution in [0.25, 0.3) is 0 Å². The van der Waals surface area contributed by atoms with Crippen LogP contribution >= 0.6 is 0 Å². The van der Waals surface area contributed by atoms with E-state index >= 15 is 0 Å². The average molecular weight is 356 g/mol. The molecule has 1 heterocycles. The third-order valence-corrected chi connectivity index (χ3v) is 4.57. The molecule has 0 amide bonds. The van der Waals surface area contributed by atoms with Crippen molar-refractivity contribution in [2.75, 3.05) is 33.7 Å². The summed E-state index contributed by atoms with van der Waals surface area (Å²) in [6.45, 7) is 4.82. The summed E-state index contributed by atoms with van der Waals surface area (Å²) in [6.07, 6.45) is -1.96. The molecule has 2 rings (SSSR count). The monoisotopic (exact) mass is 356 g/mol. The van der Waals surface area contributed by atoms with E-state index in [1.54, 1.807) is 13.1 Å². The molecule has 2 unspecified atom stereocenters. The van der Waals surface area contributed by atoms with Gasteiger partial charge in [-0.15, -0.1) is 0 Å². The Kier molecular flexibility index (Phi) is 6.70. The zero-order valence-electron chi connectivity index (χ0n) is 15.0. The van der Waals surface area contributed by atoms with Gasteiger partial charge >= 0.3 is 6.18 Å². The quantitative estimate of drug-likeness (QED) is 0.642. The van der Waals surface area contributed by atoms with E-state index in [2.05, 4.69) is 27.6 Å². The van der Waals surface area contributed by atoms with Crippen LogP contribution in [0, 0.1) is 5.92 Å². The number of hydrogen-bond donors (Lipinski definition) is 2. The third-order valence-electron chi connectivity index (χ3n) is 4.57. The smallest absolute Gasteiger partial charge is 0.356 e. The van der Waals surface area contributed by atoms with Gasteiger partial charge in [0.1, 0.15) is 0 Å². The van der Waals surface area contributed by atoms with Crippen LogP contribution in [-0.2, 0) is 6.18 Å². The minimum absolute atomic E-state index is 0.275. The first-order valence-electron chi connectivity index (χ1n) is 8.62. The summed E-state index contributed by atoms with van der Waals surface area (Å²) in [4.78, 5) is 6.50. The lowest BCUT2D eigenvalue weighted by atomic mass is 9.98. The molecule has 2 atom stereocenters. The van der Waals surface area contributed by atoms with Gasteiger partial charge in [-0.3, -0.25) is 4.99 Å². The van der Waals surface area contributed by atoms with E-state index in [4.69, 9.17) is 0 Å². The lowest BCUT2D eigenvalue weighted by molar-refractivity contribution is -0.137. The van der Waals surface area contributed by atoms with Crippen LogP contribution in [0.15, 0.2) is 29.3 Å². The molecule has 1 aliphatic heterocycles. The lowest BCUT2D eigenvalue weighted by Crippen LogP contribution is -2.44. The van der Waals surface area contributed by atoms with Gasteiger partial charge in [-0.05, 0) is 57.0 Å². The SMILES string of the molecule is CN=C(NCC1CCCN(C)C1)NC(C)c1cccc(C(F)(F)F)c1. The number of nitrogens with one attached hydrogen (secondary N) is 2. The maximum Gasteiger partial charge on any atom is 0.416 e. The number of halogens is 3. The molecule has 1 aromatic carbocycles. The Morgan fingerprint density at radius 3 is 2.80 bits per heavy atom. The van der Waals surface area contributed by atoms with E-state index in [0.29, 0.717) is 17.4 Å². The standard InChI is InChI=1S/C18H27F3N4/c1-13(15-7-4-8-16(10-15)18(19,20)21)24-17(22-2)23-11-14-6-5-9-25(3)12-14/h4,7-8,10,13-14H,5-6,9,11-12H2,1-3H3,(H2,22,23,24). The Labute approximate surface area is 147 Å². The van der Waals surface area contributed by atoms with Gasteiger partial charge in [0, 0.05) is 20.1 Å². The molecule has 0 aromatic heterocycles. The third kappa shape index (κ3) is 5.92. The van der Waals surface area contributed by atoms with Crippen LogP contribution in [0.1, 0.15) is 36.9 Å². The summed E-state index contributed by atoms with van der Waals surface area (Å²) >= 11 is 0. The molecule has 7 heteroatoms. The molecule has 140 valence electrons. The summed E-state index contributed by atoms with van der Waals surface area (Å²) in [5.74, 6) is 1.17. The van der Waals surface area contributed by atoms with Gasteiger partial charge in [-0.2, -0.15) is 13.2 Å². The van der Waals surface area contributed by atoms with Crippen molar-refractivity contribution >= 4 is 5.96 Å². The Balaban J connectivity index is 1.92. The highest BCUT2D eigenvalue weighted by atomic mass is 19.4. The Hall–Kier alpha value is -1.76. The fraction of sp³-hybridized carbons (Fsp3) is 0.611. The largest absolute Gasteiger partial charge is 0.416 e.